The molecule has 0 rings (SSSR count). The van der Waals surface area contributed by atoms with Crippen molar-refractivity contribution in [2.24, 2.45) is 0 Å². The minimum atomic E-state index is -1.86. The van der Waals surface area contributed by atoms with E-state index in [0.717, 1.165) is 0 Å². The van der Waals surface area contributed by atoms with Crippen LogP contribution in [0.15, 0.2) is 0 Å². The minimum Gasteiger partial charge on any atom is -0.547 e. The van der Waals surface area contributed by atoms with Crippen molar-refractivity contribution in [1.29, 1.82) is 0 Å². The molecule has 21 nitrogen and oxygen atoms in total. The summed E-state index contributed by atoms with van der Waals surface area (Å²) >= 11 is 0. The summed E-state index contributed by atoms with van der Waals surface area (Å²) in [6, 6.07) is 0. The summed E-state index contributed by atoms with van der Waals surface area (Å²) in [5.41, 5.74) is 0. The van der Waals surface area contributed by atoms with Crippen molar-refractivity contribution in [2.75, 3.05) is 39.6 Å². The molecular formula is C24H45CrO21. The Hall–Kier alpha value is -1.66. The van der Waals surface area contributed by atoms with Crippen LogP contribution in [-0.2, 0) is 46.0 Å². The Balaban J connectivity index is -0.000000285. The van der Waals surface area contributed by atoms with Gasteiger partial charge in [0.15, 0.2) is 0 Å². The molecule has 0 heterocycles. The van der Waals surface area contributed by atoms with Gasteiger partial charge >= 0.3 is 17.4 Å². The number of carboxylic acid groups (broad SMARTS) is 3. The number of hydrogen-bond donors (Lipinski definition) is 12. The van der Waals surface area contributed by atoms with Crippen LogP contribution in [0.25, 0.3) is 0 Å². The standard InChI is InChI=1S/3C8H16O7.Cr/c3*1-2-15-7(8(13)14)6(12)5(11)4(10)3-9;/h3*4-7,9-12H,2-3H2,1H3,(H,13,14);/q;;;+3/p-3. The smallest absolute Gasteiger partial charge is 0.547 e. The summed E-state index contributed by atoms with van der Waals surface area (Å²) < 4.78 is 13.8. The van der Waals surface area contributed by atoms with E-state index in [1.807, 2.05) is 0 Å². The van der Waals surface area contributed by atoms with E-state index in [0.29, 0.717) is 0 Å². The van der Waals surface area contributed by atoms with Crippen LogP contribution in [0.5, 0.6) is 0 Å². The molecular weight excluding hydrogens is 676 g/mol. The second-order valence-corrected chi connectivity index (χ2v) is 8.78. The van der Waals surface area contributed by atoms with Crippen molar-refractivity contribution in [1.82, 2.24) is 0 Å². The molecule has 0 aromatic rings. The zero-order valence-electron chi connectivity index (χ0n) is 25.1. The van der Waals surface area contributed by atoms with Crippen molar-refractivity contribution in [3.8, 4) is 0 Å². The van der Waals surface area contributed by atoms with E-state index in [9.17, 15) is 60.3 Å². The van der Waals surface area contributed by atoms with Crippen molar-refractivity contribution in [3.63, 3.8) is 0 Å². The minimum absolute atomic E-state index is 0. The van der Waals surface area contributed by atoms with Crippen LogP contribution in [0.3, 0.4) is 0 Å². The predicted octanol–water partition coefficient (Wildman–Crippen LogP) is -11.4. The SMILES string of the molecule is CCOC(C(=O)[O-])C(O)C(O)C(O)CO.CCOC(C(=O)[O-])C(O)C(O)C(O)CO.CCOC(C(=O)[O-])C(O)C(O)C(O)CO.[Cr+3]. The Kier molecular flexibility index (Phi) is 31.6. The van der Waals surface area contributed by atoms with Gasteiger partial charge in [-0.15, -0.1) is 0 Å². The molecule has 0 bridgehead atoms. The number of hydrogen-bond acceptors (Lipinski definition) is 21. The van der Waals surface area contributed by atoms with Gasteiger partial charge in [0.25, 0.3) is 0 Å². The molecule has 0 aliphatic heterocycles. The van der Waals surface area contributed by atoms with Crippen molar-refractivity contribution < 1.29 is 123 Å². The molecule has 1 radical (unpaired) electrons. The van der Waals surface area contributed by atoms with Crippen molar-refractivity contribution in [2.45, 2.75) is 94.0 Å². The van der Waals surface area contributed by atoms with E-state index in [2.05, 4.69) is 14.2 Å². The van der Waals surface area contributed by atoms with Crippen LogP contribution in [0.2, 0.25) is 0 Å². The van der Waals surface area contributed by atoms with Gasteiger partial charge in [0.1, 0.15) is 73.2 Å². The van der Waals surface area contributed by atoms with Crippen LogP contribution in [0, 0.1) is 0 Å². The molecule has 273 valence electrons. The normalized spacial score (nSPS) is 18.8. The van der Waals surface area contributed by atoms with Gasteiger partial charge < -0.3 is 105 Å². The summed E-state index contributed by atoms with van der Waals surface area (Å²) in [7, 11) is 0. The molecule has 0 saturated heterocycles. The number of carbonyl (C=O) groups is 3. The molecule has 0 aromatic carbocycles. The van der Waals surface area contributed by atoms with E-state index in [4.69, 9.17) is 30.6 Å². The molecule has 12 N–H and O–H groups in total. The molecule has 0 aromatic heterocycles. The first-order valence-corrected chi connectivity index (χ1v) is 13.3. The van der Waals surface area contributed by atoms with Gasteiger partial charge in [-0.1, -0.05) is 0 Å². The Morgan fingerprint density at radius 2 is 0.630 bits per heavy atom. The zero-order valence-corrected chi connectivity index (χ0v) is 26.4. The summed E-state index contributed by atoms with van der Waals surface area (Å²) in [6.45, 7) is 2.08. The van der Waals surface area contributed by atoms with Crippen molar-refractivity contribution in [3.05, 3.63) is 0 Å². The monoisotopic (exact) mass is 721 g/mol. The molecule has 12 atom stereocenters. The second kappa shape index (κ2) is 28.4. The third-order valence-corrected chi connectivity index (χ3v) is 5.46. The van der Waals surface area contributed by atoms with Crippen LogP contribution in [-0.4, -0.2) is 192 Å². The van der Waals surface area contributed by atoms with Crippen LogP contribution >= 0.6 is 0 Å². The van der Waals surface area contributed by atoms with Gasteiger partial charge in [0.05, 0.1) is 37.7 Å². The van der Waals surface area contributed by atoms with Gasteiger partial charge in [0, 0.05) is 19.8 Å². The number of carboxylic acids is 3. The average Bonchev–Trinajstić information content (AvgIpc) is 3.01. The molecule has 0 saturated carbocycles. The summed E-state index contributed by atoms with van der Waals surface area (Å²) in [5.74, 6) is -5.10. The maximum atomic E-state index is 10.5. The molecule has 0 aliphatic carbocycles. The Morgan fingerprint density at radius 1 is 0.457 bits per heavy atom. The summed E-state index contributed by atoms with van der Waals surface area (Å²) in [5, 5.41) is 139. The first kappa shape index (κ1) is 51.2. The van der Waals surface area contributed by atoms with E-state index >= 15 is 0 Å². The van der Waals surface area contributed by atoms with Crippen LogP contribution < -0.4 is 15.3 Å². The number of aliphatic hydroxyl groups is 12. The maximum absolute atomic E-state index is 10.5. The Morgan fingerprint density at radius 3 is 0.739 bits per heavy atom. The molecule has 0 amide bonds. The third kappa shape index (κ3) is 19.2. The van der Waals surface area contributed by atoms with Crippen molar-refractivity contribution >= 4 is 17.9 Å². The van der Waals surface area contributed by atoms with Gasteiger partial charge in [-0.05, 0) is 20.8 Å². The molecule has 12 unspecified atom stereocenters. The quantitative estimate of drug-likeness (QED) is 0.0523. The molecule has 22 heteroatoms. The molecule has 0 fully saturated rings. The van der Waals surface area contributed by atoms with Crippen LogP contribution in [0.1, 0.15) is 20.8 Å². The first-order chi connectivity index (χ1) is 20.9. The fourth-order valence-electron chi connectivity index (χ4n) is 3.00. The zero-order chi connectivity index (χ0) is 36.0. The number of aliphatic hydroxyl groups excluding tert-OH is 12. The number of rotatable bonds is 21. The summed E-state index contributed by atoms with van der Waals surface area (Å²) in [6.07, 6.45) is -21.2. The molecule has 46 heavy (non-hydrogen) atoms. The van der Waals surface area contributed by atoms with E-state index in [-0.39, 0.29) is 37.2 Å². The number of carbonyl (C=O) groups excluding carboxylic acids is 3. The summed E-state index contributed by atoms with van der Waals surface area (Å²) in [4.78, 5) is 31.5. The van der Waals surface area contributed by atoms with Gasteiger partial charge in [0.2, 0.25) is 0 Å². The van der Waals surface area contributed by atoms with Gasteiger partial charge in [-0.3, -0.25) is 0 Å². The topological polar surface area (TPSA) is 391 Å². The number of ether oxygens (including phenoxy) is 3. The fraction of sp³-hybridized carbons (Fsp3) is 0.875. The largest absolute Gasteiger partial charge is 3.00 e. The van der Waals surface area contributed by atoms with Gasteiger partial charge in [-0.25, -0.2) is 0 Å². The first-order valence-electron chi connectivity index (χ1n) is 13.3. The molecule has 0 aliphatic rings. The van der Waals surface area contributed by atoms with E-state index in [1.165, 1.54) is 20.8 Å². The number of aliphatic carboxylic acids is 3. The van der Waals surface area contributed by atoms with E-state index in [1.54, 1.807) is 0 Å². The van der Waals surface area contributed by atoms with E-state index < -0.39 is 111 Å². The average molecular weight is 722 g/mol. The van der Waals surface area contributed by atoms with Crippen LogP contribution in [0.4, 0.5) is 0 Å². The fourth-order valence-corrected chi connectivity index (χ4v) is 3.00. The molecule has 0 spiro atoms. The second-order valence-electron chi connectivity index (χ2n) is 8.78. The Labute approximate surface area is 274 Å². The predicted molar refractivity (Wildman–Crippen MR) is 137 cm³/mol. The Bertz CT molecular complexity index is 693. The van der Waals surface area contributed by atoms with Gasteiger partial charge in [-0.2, -0.15) is 0 Å². The maximum Gasteiger partial charge on any atom is 3.00 e. The third-order valence-electron chi connectivity index (χ3n) is 5.46.